The second-order valence-corrected chi connectivity index (χ2v) is 3.21. The minimum Gasteiger partial charge on any atom is -0.468 e. The third-order valence-corrected chi connectivity index (χ3v) is 1.97. The minimum absolute atomic E-state index is 0.0333. The van der Waals surface area contributed by atoms with Crippen LogP contribution in [-0.4, -0.2) is 29.6 Å². The van der Waals surface area contributed by atoms with Crippen molar-refractivity contribution in [2.24, 2.45) is 0 Å². The van der Waals surface area contributed by atoms with Crippen LogP contribution in [0.3, 0.4) is 0 Å². The molecule has 0 radical (unpaired) electrons. The molecule has 76 valence electrons. The number of hydrogen-bond donors (Lipinski definition) is 2. The summed E-state index contributed by atoms with van der Waals surface area (Å²) in [7, 11) is 1.31. The van der Waals surface area contributed by atoms with E-state index in [0.29, 0.717) is 10.3 Å². The van der Waals surface area contributed by atoms with E-state index in [1.54, 1.807) is 0 Å². The number of nitrogen functional groups attached to an aromatic ring is 1. The topological polar surface area (TPSA) is 90.1 Å². The fraction of sp³-hybridized carbons (Fsp3) is 0.286. The highest BCUT2D eigenvalue weighted by molar-refractivity contribution is 9.10. The van der Waals surface area contributed by atoms with Gasteiger partial charge in [0.1, 0.15) is 12.4 Å². The van der Waals surface area contributed by atoms with Crippen molar-refractivity contribution in [3.8, 4) is 0 Å². The van der Waals surface area contributed by atoms with Crippen LogP contribution in [-0.2, 0) is 9.53 Å². The summed E-state index contributed by atoms with van der Waals surface area (Å²) in [6, 6.07) is 0. The Morgan fingerprint density at radius 2 is 2.50 bits per heavy atom. The van der Waals surface area contributed by atoms with E-state index in [1.165, 1.54) is 13.3 Å². The summed E-state index contributed by atoms with van der Waals surface area (Å²) in [4.78, 5) is 18.4. The van der Waals surface area contributed by atoms with E-state index >= 15 is 0 Å². The van der Waals surface area contributed by atoms with Gasteiger partial charge in [-0.3, -0.25) is 4.79 Å². The zero-order chi connectivity index (χ0) is 10.6. The average Bonchev–Trinajstić information content (AvgIpc) is 2.19. The zero-order valence-corrected chi connectivity index (χ0v) is 9.04. The fourth-order valence-electron chi connectivity index (χ4n) is 0.733. The zero-order valence-electron chi connectivity index (χ0n) is 7.45. The minimum atomic E-state index is -0.380. The van der Waals surface area contributed by atoms with Crippen LogP contribution in [0.2, 0.25) is 0 Å². The van der Waals surface area contributed by atoms with Crippen molar-refractivity contribution in [1.82, 2.24) is 9.97 Å². The van der Waals surface area contributed by atoms with Crippen LogP contribution in [0, 0.1) is 0 Å². The quantitative estimate of drug-likeness (QED) is 0.766. The third kappa shape index (κ3) is 2.84. The van der Waals surface area contributed by atoms with Crippen molar-refractivity contribution in [3.05, 3.63) is 10.7 Å². The Bertz CT molecular complexity index is 344. The van der Waals surface area contributed by atoms with Crippen LogP contribution >= 0.6 is 15.9 Å². The SMILES string of the molecule is COC(=O)CNc1nc(N)ncc1Br. The first-order valence-corrected chi connectivity index (χ1v) is 4.51. The molecule has 7 heteroatoms. The van der Waals surface area contributed by atoms with E-state index in [1.807, 2.05) is 0 Å². The number of nitrogens with one attached hydrogen (secondary N) is 1. The number of nitrogens with zero attached hydrogens (tertiary/aromatic N) is 2. The van der Waals surface area contributed by atoms with Gasteiger partial charge in [0.05, 0.1) is 11.6 Å². The van der Waals surface area contributed by atoms with Crippen molar-refractivity contribution in [3.63, 3.8) is 0 Å². The predicted molar refractivity (Wildman–Crippen MR) is 54.7 cm³/mol. The molecule has 0 saturated heterocycles. The third-order valence-electron chi connectivity index (χ3n) is 1.39. The number of esters is 1. The Balaban J connectivity index is 2.66. The molecule has 14 heavy (non-hydrogen) atoms. The summed E-state index contributed by atoms with van der Waals surface area (Å²) < 4.78 is 5.09. The molecule has 1 rings (SSSR count). The summed E-state index contributed by atoms with van der Waals surface area (Å²) in [5, 5.41) is 2.75. The smallest absolute Gasteiger partial charge is 0.325 e. The van der Waals surface area contributed by atoms with Gasteiger partial charge in [-0.05, 0) is 15.9 Å². The Kier molecular flexibility index (Phi) is 3.63. The first kappa shape index (κ1) is 10.7. The lowest BCUT2D eigenvalue weighted by atomic mass is 10.5. The van der Waals surface area contributed by atoms with Gasteiger partial charge in [0.25, 0.3) is 0 Å². The van der Waals surface area contributed by atoms with E-state index in [-0.39, 0.29) is 18.5 Å². The van der Waals surface area contributed by atoms with Gasteiger partial charge in [0.2, 0.25) is 5.95 Å². The highest BCUT2D eigenvalue weighted by atomic mass is 79.9. The van der Waals surface area contributed by atoms with Gasteiger partial charge < -0.3 is 15.8 Å². The van der Waals surface area contributed by atoms with Crippen molar-refractivity contribution in [1.29, 1.82) is 0 Å². The number of hydrogen-bond acceptors (Lipinski definition) is 6. The van der Waals surface area contributed by atoms with Gasteiger partial charge in [-0.2, -0.15) is 4.98 Å². The molecular weight excluding hydrogens is 252 g/mol. The van der Waals surface area contributed by atoms with Crippen LogP contribution in [0.25, 0.3) is 0 Å². The molecule has 1 heterocycles. The molecule has 0 atom stereocenters. The second-order valence-electron chi connectivity index (χ2n) is 2.35. The Morgan fingerprint density at radius 1 is 1.79 bits per heavy atom. The van der Waals surface area contributed by atoms with Gasteiger partial charge in [-0.25, -0.2) is 4.98 Å². The van der Waals surface area contributed by atoms with Gasteiger partial charge in [0.15, 0.2) is 0 Å². The maximum Gasteiger partial charge on any atom is 0.325 e. The Hall–Kier alpha value is -1.37. The van der Waals surface area contributed by atoms with Crippen molar-refractivity contribution < 1.29 is 9.53 Å². The monoisotopic (exact) mass is 260 g/mol. The molecule has 0 fully saturated rings. The average molecular weight is 261 g/mol. The summed E-state index contributed by atoms with van der Waals surface area (Å²) in [5.74, 6) is 0.220. The molecule has 0 unspecified atom stereocenters. The summed E-state index contributed by atoms with van der Waals surface area (Å²) in [6.45, 7) is 0.0333. The van der Waals surface area contributed by atoms with Crippen molar-refractivity contribution >= 4 is 33.7 Å². The number of methoxy groups -OCH3 is 1. The van der Waals surface area contributed by atoms with Crippen molar-refractivity contribution in [2.45, 2.75) is 0 Å². The lowest BCUT2D eigenvalue weighted by Crippen LogP contribution is -2.16. The lowest BCUT2D eigenvalue weighted by molar-refractivity contribution is -0.138. The number of halogens is 1. The number of rotatable bonds is 3. The molecule has 0 aliphatic rings. The number of ether oxygens (including phenoxy) is 1. The predicted octanol–water partition coefficient (Wildman–Crippen LogP) is 0.406. The molecule has 0 aromatic carbocycles. The normalized spacial score (nSPS) is 9.57. The van der Waals surface area contributed by atoms with E-state index in [0.717, 1.165) is 0 Å². The summed E-state index contributed by atoms with van der Waals surface area (Å²) in [6.07, 6.45) is 1.50. The van der Waals surface area contributed by atoms with Crippen LogP contribution in [0.1, 0.15) is 0 Å². The molecule has 1 aromatic rings. The largest absolute Gasteiger partial charge is 0.468 e. The summed E-state index contributed by atoms with van der Waals surface area (Å²) >= 11 is 3.21. The van der Waals surface area contributed by atoms with E-state index in [9.17, 15) is 4.79 Å². The van der Waals surface area contributed by atoms with Gasteiger partial charge >= 0.3 is 5.97 Å². The van der Waals surface area contributed by atoms with E-state index in [4.69, 9.17) is 5.73 Å². The number of carbonyl (C=O) groups excluding carboxylic acids is 1. The maximum absolute atomic E-state index is 10.8. The molecule has 0 aliphatic heterocycles. The van der Waals surface area contributed by atoms with E-state index < -0.39 is 0 Å². The molecule has 0 saturated carbocycles. The Labute approximate surface area is 89.0 Å². The first-order chi connectivity index (χ1) is 6.63. The summed E-state index contributed by atoms with van der Waals surface area (Å²) in [5.41, 5.74) is 5.37. The van der Waals surface area contributed by atoms with Gasteiger partial charge in [-0.15, -0.1) is 0 Å². The molecule has 3 N–H and O–H groups in total. The van der Waals surface area contributed by atoms with E-state index in [2.05, 4.69) is 36.0 Å². The van der Waals surface area contributed by atoms with Crippen molar-refractivity contribution in [2.75, 3.05) is 24.7 Å². The molecule has 1 aromatic heterocycles. The van der Waals surface area contributed by atoms with Crippen LogP contribution in [0.5, 0.6) is 0 Å². The molecule has 0 aliphatic carbocycles. The molecule has 0 amide bonds. The maximum atomic E-state index is 10.8. The molecule has 0 spiro atoms. The van der Waals surface area contributed by atoms with Crippen LogP contribution < -0.4 is 11.1 Å². The van der Waals surface area contributed by atoms with Crippen LogP contribution in [0.15, 0.2) is 10.7 Å². The highest BCUT2D eigenvalue weighted by Crippen LogP contribution is 2.18. The standard InChI is InChI=1S/C7H9BrN4O2/c1-14-5(13)3-10-6-4(8)2-11-7(9)12-6/h2H,3H2,1H3,(H3,9,10,11,12). The molecule has 0 bridgehead atoms. The number of nitrogens with two attached hydrogens (primary N) is 1. The first-order valence-electron chi connectivity index (χ1n) is 3.72. The van der Waals surface area contributed by atoms with Gasteiger partial charge in [0, 0.05) is 6.20 Å². The number of anilines is 2. The Morgan fingerprint density at radius 3 is 3.14 bits per heavy atom. The van der Waals surface area contributed by atoms with Crippen LogP contribution in [0.4, 0.5) is 11.8 Å². The molecule has 6 nitrogen and oxygen atoms in total. The highest BCUT2D eigenvalue weighted by Gasteiger charge is 2.05. The van der Waals surface area contributed by atoms with Gasteiger partial charge in [-0.1, -0.05) is 0 Å². The second kappa shape index (κ2) is 4.75. The molecular formula is C7H9BrN4O2. The number of carbonyl (C=O) groups is 1. The number of aromatic nitrogens is 2. The lowest BCUT2D eigenvalue weighted by Gasteiger charge is -2.05. The fourth-order valence-corrected chi connectivity index (χ4v) is 1.06.